The first-order chi connectivity index (χ1) is 10.2. The molecule has 2 N–H and O–H groups in total. The van der Waals surface area contributed by atoms with Gasteiger partial charge in [-0.05, 0) is 32.6 Å². The monoisotopic (exact) mass is 290 g/mol. The zero-order valence-electron chi connectivity index (χ0n) is 13.8. The first kappa shape index (κ1) is 16.1. The number of hydrogen-bond acceptors (Lipinski definition) is 4. The fourth-order valence-electron chi connectivity index (χ4n) is 3.13. The minimum absolute atomic E-state index is 0.870. The molecule has 0 amide bonds. The number of nitrogens with one attached hydrogen (secondary N) is 2. The Morgan fingerprint density at radius 1 is 1.05 bits per heavy atom. The molecule has 2 rings (SSSR count). The topological polar surface area (TPSA) is 49.8 Å². The summed E-state index contributed by atoms with van der Waals surface area (Å²) < 4.78 is 0. The summed E-state index contributed by atoms with van der Waals surface area (Å²) in [7, 11) is 0. The number of rotatable bonds is 8. The van der Waals surface area contributed by atoms with Gasteiger partial charge >= 0.3 is 0 Å². The summed E-state index contributed by atoms with van der Waals surface area (Å²) in [6.45, 7) is 8.20. The summed E-state index contributed by atoms with van der Waals surface area (Å²) in [4.78, 5) is 9.21. The fraction of sp³-hybridized carbons (Fsp3) is 0.765. The molecule has 1 aromatic rings. The summed E-state index contributed by atoms with van der Waals surface area (Å²) in [6.07, 6.45) is 9.23. The highest BCUT2D eigenvalue weighted by molar-refractivity contribution is 5.57. The highest BCUT2D eigenvalue weighted by Crippen LogP contribution is 2.28. The van der Waals surface area contributed by atoms with E-state index in [-0.39, 0.29) is 0 Å². The van der Waals surface area contributed by atoms with Crippen molar-refractivity contribution < 1.29 is 0 Å². The summed E-state index contributed by atoms with van der Waals surface area (Å²) in [5.41, 5.74) is 1.13. The van der Waals surface area contributed by atoms with Gasteiger partial charge in [-0.3, -0.25) is 0 Å². The van der Waals surface area contributed by atoms with E-state index in [1.54, 1.807) is 0 Å². The lowest BCUT2D eigenvalue weighted by atomic mass is 10.0. The molecule has 4 heteroatoms. The Labute approximate surface area is 129 Å². The molecular formula is C17H30N4. The molecule has 1 saturated carbocycles. The van der Waals surface area contributed by atoms with Gasteiger partial charge in [-0.2, -0.15) is 0 Å². The molecule has 1 aliphatic carbocycles. The lowest BCUT2D eigenvalue weighted by Gasteiger charge is -2.15. The first-order valence-corrected chi connectivity index (χ1v) is 8.59. The lowest BCUT2D eigenvalue weighted by Crippen LogP contribution is -2.12. The Morgan fingerprint density at radius 2 is 1.71 bits per heavy atom. The second kappa shape index (κ2) is 8.20. The fourth-order valence-corrected chi connectivity index (χ4v) is 3.13. The summed E-state index contributed by atoms with van der Waals surface area (Å²) in [5, 5.41) is 6.85. The summed E-state index contributed by atoms with van der Waals surface area (Å²) in [6, 6.07) is 0. The molecule has 118 valence electrons. The van der Waals surface area contributed by atoms with Gasteiger partial charge in [-0.15, -0.1) is 0 Å². The molecule has 0 radical (unpaired) electrons. The van der Waals surface area contributed by atoms with Crippen molar-refractivity contribution in [3.63, 3.8) is 0 Å². The van der Waals surface area contributed by atoms with Crippen LogP contribution in [0.25, 0.3) is 0 Å². The van der Waals surface area contributed by atoms with Crippen molar-refractivity contribution >= 4 is 11.6 Å². The Balaban J connectivity index is 1.89. The van der Waals surface area contributed by atoms with Crippen LogP contribution in [-0.4, -0.2) is 23.1 Å². The number of nitrogens with zero attached hydrogens (tertiary/aromatic N) is 2. The van der Waals surface area contributed by atoms with E-state index in [1.807, 2.05) is 0 Å². The lowest BCUT2D eigenvalue weighted by molar-refractivity contribution is 0.491. The third-order valence-electron chi connectivity index (χ3n) is 4.41. The minimum atomic E-state index is 0.870. The van der Waals surface area contributed by atoms with E-state index in [0.717, 1.165) is 48.5 Å². The largest absolute Gasteiger partial charge is 0.370 e. The highest BCUT2D eigenvalue weighted by Gasteiger charge is 2.14. The van der Waals surface area contributed by atoms with Crippen LogP contribution >= 0.6 is 0 Å². The van der Waals surface area contributed by atoms with Crippen LogP contribution in [0.5, 0.6) is 0 Å². The van der Waals surface area contributed by atoms with Gasteiger partial charge in [0.15, 0.2) is 0 Å². The van der Waals surface area contributed by atoms with Crippen LogP contribution in [0.1, 0.15) is 63.8 Å². The maximum atomic E-state index is 4.64. The van der Waals surface area contributed by atoms with Crippen molar-refractivity contribution in [1.82, 2.24) is 9.97 Å². The Morgan fingerprint density at radius 3 is 2.33 bits per heavy atom. The molecule has 0 spiro atoms. The van der Waals surface area contributed by atoms with Crippen molar-refractivity contribution in [2.24, 2.45) is 5.92 Å². The minimum Gasteiger partial charge on any atom is -0.370 e. The predicted molar refractivity (Wildman–Crippen MR) is 90.0 cm³/mol. The molecule has 0 unspecified atom stereocenters. The molecule has 0 atom stereocenters. The number of aryl methyl sites for hydroxylation is 1. The molecule has 1 aliphatic rings. The van der Waals surface area contributed by atoms with Crippen LogP contribution < -0.4 is 10.6 Å². The molecule has 1 aromatic heterocycles. The molecule has 1 heterocycles. The third-order valence-corrected chi connectivity index (χ3v) is 4.41. The second-order valence-corrected chi connectivity index (χ2v) is 6.07. The van der Waals surface area contributed by atoms with Crippen molar-refractivity contribution in [2.45, 2.75) is 65.7 Å². The molecule has 21 heavy (non-hydrogen) atoms. The van der Waals surface area contributed by atoms with Gasteiger partial charge in [-0.1, -0.05) is 32.6 Å². The molecular weight excluding hydrogens is 260 g/mol. The van der Waals surface area contributed by atoms with Gasteiger partial charge in [0.05, 0.1) is 0 Å². The standard InChI is InChI=1S/C17H30N4/c1-4-15-20-16(18-5-2)13(3)17(21-15)19-12-8-11-14-9-6-7-10-14/h14H,4-12H2,1-3H3,(H2,18,19,20,21). The molecule has 4 nitrogen and oxygen atoms in total. The summed E-state index contributed by atoms with van der Waals surface area (Å²) >= 11 is 0. The Bertz CT molecular complexity index is 439. The van der Waals surface area contributed by atoms with Gasteiger partial charge in [0, 0.05) is 25.1 Å². The molecule has 0 bridgehead atoms. The average Bonchev–Trinajstić information content (AvgIpc) is 3.00. The van der Waals surface area contributed by atoms with E-state index >= 15 is 0 Å². The van der Waals surface area contributed by atoms with Crippen LogP contribution in [0.3, 0.4) is 0 Å². The van der Waals surface area contributed by atoms with Crippen LogP contribution in [0.4, 0.5) is 11.6 Å². The van der Waals surface area contributed by atoms with Crippen LogP contribution in [-0.2, 0) is 6.42 Å². The Kier molecular flexibility index (Phi) is 6.27. The van der Waals surface area contributed by atoms with E-state index in [1.165, 1.54) is 38.5 Å². The molecule has 0 aromatic carbocycles. The summed E-state index contributed by atoms with van der Waals surface area (Å²) in [5.74, 6) is 3.86. The average molecular weight is 290 g/mol. The van der Waals surface area contributed by atoms with Crippen LogP contribution in [0, 0.1) is 12.8 Å². The first-order valence-electron chi connectivity index (χ1n) is 8.59. The molecule has 0 saturated heterocycles. The van der Waals surface area contributed by atoms with Gasteiger partial charge in [0.25, 0.3) is 0 Å². The van der Waals surface area contributed by atoms with Gasteiger partial charge in [-0.25, -0.2) is 9.97 Å². The van der Waals surface area contributed by atoms with Crippen molar-refractivity contribution in [2.75, 3.05) is 23.7 Å². The normalized spacial score (nSPS) is 15.4. The predicted octanol–water partition coefficient (Wildman–Crippen LogP) is 4.16. The third kappa shape index (κ3) is 4.58. The SMILES string of the molecule is CCNc1nc(CC)nc(NCCCC2CCCC2)c1C. The van der Waals surface area contributed by atoms with Crippen LogP contribution in [0.15, 0.2) is 0 Å². The maximum absolute atomic E-state index is 4.64. The second-order valence-electron chi connectivity index (χ2n) is 6.07. The van der Waals surface area contributed by atoms with E-state index in [4.69, 9.17) is 0 Å². The maximum Gasteiger partial charge on any atom is 0.134 e. The number of anilines is 2. The van der Waals surface area contributed by atoms with Crippen molar-refractivity contribution in [3.8, 4) is 0 Å². The van der Waals surface area contributed by atoms with Crippen molar-refractivity contribution in [1.29, 1.82) is 0 Å². The number of aromatic nitrogens is 2. The number of hydrogen-bond donors (Lipinski definition) is 2. The van der Waals surface area contributed by atoms with E-state index < -0.39 is 0 Å². The van der Waals surface area contributed by atoms with E-state index in [0.29, 0.717) is 0 Å². The van der Waals surface area contributed by atoms with E-state index in [2.05, 4.69) is 41.4 Å². The Hall–Kier alpha value is -1.32. The zero-order chi connectivity index (χ0) is 15.1. The van der Waals surface area contributed by atoms with E-state index in [9.17, 15) is 0 Å². The smallest absolute Gasteiger partial charge is 0.134 e. The highest BCUT2D eigenvalue weighted by atomic mass is 15.1. The molecule has 1 fully saturated rings. The quantitative estimate of drug-likeness (QED) is 0.706. The van der Waals surface area contributed by atoms with Gasteiger partial charge in [0.1, 0.15) is 17.5 Å². The molecule has 0 aliphatic heterocycles. The van der Waals surface area contributed by atoms with Crippen molar-refractivity contribution in [3.05, 3.63) is 11.4 Å². The zero-order valence-corrected chi connectivity index (χ0v) is 13.8. The van der Waals surface area contributed by atoms with Gasteiger partial charge in [0.2, 0.25) is 0 Å². The van der Waals surface area contributed by atoms with Crippen LogP contribution in [0.2, 0.25) is 0 Å². The van der Waals surface area contributed by atoms with Gasteiger partial charge < -0.3 is 10.6 Å².